The Labute approximate surface area is 135 Å². The SMILES string of the molecule is Nc1ccc(N)c(C(=O)c2ccc(OC3=CCCC=C3)cc2)c1. The predicted octanol–water partition coefficient (Wildman–Crippen LogP) is 3.69. The summed E-state index contributed by atoms with van der Waals surface area (Å²) in [5, 5.41) is 0. The van der Waals surface area contributed by atoms with Crippen LogP contribution in [0.2, 0.25) is 0 Å². The van der Waals surface area contributed by atoms with E-state index in [9.17, 15) is 4.79 Å². The topological polar surface area (TPSA) is 78.3 Å². The molecule has 0 aliphatic heterocycles. The molecule has 0 saturated heterocycles. The number of nitrogen functional groups attached to an aromatic ring is 2. The lowest BCUT2D eigenvalue weighted by Crippen LogP contribution is -2.06. The summed E-state index contributed by atoms with van der Waals surface area (Å²) in [6.45, 7) is 0. The van der Waals surface area contributed by atoms with Gasteiger partial charge in [0.25, 0.3) is 0 Å². The number of carbonyl (C=O) groups excluding carboxylic acids is 1. The molecule has 2 aromatic rings. The summed E-state index contributed by atoms with van der Waals surface area (Å²) in [6.07, 6.45) is 8.11. The van der Waals surface area contributed by atoms with E-state index in [1.54, 1.807) is 42.5 Å². The third kappa shape index (κ3) is 3.43. The molecule has 4 nitrogen and oxygen atoms in total. The molecule has 116 valence electrons. The van der Waals surface area contributed by atoms with Crippen LogP contribution in [0.25, 0.3) is 0 Å². The minimum Gasteiger partial charge on any atom is -0.458 e. The first-order chi connectivity index (χ1) is 11.1. The van der Waals surface area contributed by atoms with Crippen molar-refractivity contribution < 1.29 is 9.53 Å². The minimum absolute atomic E-state index is 0.155. The van der Waals surface area contributed by atoms with Crippen molar-refractivity contribution in [3.63, 3.8) is 0 Å². The van der Waals surface area contributed by atoms with Crippen LogP contribution in [0.15, 0.2) is 66.5 Å². The lowest BCUT2D eigenvalue weighted by molar-refractivity contribution is 0.103. The Bertz CT molecular complexity index is 790. The standard InChI is InChI=1S/C19H18N2O2/c20-14-8-11-18(21)17(12-14)19(22)13-6-9-16(10-7-13)23-15-4-2-1-3-5-15/h2,4-12H,1,3,20-21H2. The number of nitrogens with two attached hydrogens (primary N) is 2. The molecular formula is C19H18N2O2. The fourth-order valence-corrected chi connectivity index (χ4v) is 2.40. The molecule has 0 fully saturated rings. The average molecular weight is 306 g/mol. The molecule has 4 N–H and O–H groups in total. The van der Waals surface area contributed by atoms with Crippen LogP contribution in [0.5, 0.6) is 5.75 Å². The van der Waals surface area contributed by atoms with Gasteiger partial charge in [-0.15, -0.1) is 0 Å². The molecule has 3 rings (SSSR count). The van der Waals surface area contributed by atoms with Crippen LogP contribution in [-0.2, 0) is 0 Å². The lowest BCUT2D eigenvalue weighted by Gasteiger charge is -2.10. The molecule has 23 heavy (non-hydrogen) atoms. The van der Waals surface area contributed by atoms with Crippen molar-refractivity contribution in [1.82, 2.24) is 0 Å². The normalized spacial score (nSPS) is 13.5. The Balaban J connectivity index is 1.79. The van der Waals surface area contributed by atoms with Crippen molar-refractivity contribution in [2.24, 2.45) is 0 Å². The Hall–Kier alpha value is -3.01. The highest BCUT2D eigenvalue weighted by Gasteiger charge is 2.13. The number of ketones is 1. The fraction of sp³-hybridized carbons (Fsp3) is 0.105. The van der Waals surface area contributed by atoms with Gasteiger partial charge in [-0.25, -0.2) is 0 Å². The molecule has 1 aliphatic carbocycles. The quantitative estimate of drug-likeness (QED) is 0.667. The summed E-state index contributed by atoms with van der Waals surface area (Å²) in [7, 11) is 0. The number of hydrogen-bond acceptors (Lipinski definition) is 4. The molecule has 0 radical (unpaired) electrons. The molecule has 0 bridgehead atoms. The molecule has 0 aromatic heterocycles. The zero-order valence-electron chi connectivity index (χ0n) is 12.7. The van der Waals surface area contributed by atoms with Crippen LogP contribution in [0.1, 0.15) is 28.8 Å². The van der Waals surface area contributed by atoms with Gasteiger partial charge in [0.05, 0.1) is 0 Å². The van der Waals surface area contributed by atoms with E-state index in [0.29, 0.717) is 28.3 Å². The third-order valence-corrected chi connectivity index (χ3v) is 3.64. The Morgan fingerprint density at radius 3 is 2.48 bits per heavy atom. The molecule has 0 spiro atoms. The van der Waals surface area contributed by atoms with Gasteiger partial charge in [-0.05, 0) is 67.5 Å². The Morgan fingerprint density at radius 2 is 1.78 bits per heavy atom. The van der Waals surface area contributed by atoms with Gasteiger partial charge in [0.15, 0.2) is 5.78 Å². The summed E-state index contributed by atoms with van der Waals surface area (Å²) in [5.74, 6) is 1.37. The highest BCUT2D eigenvalue weighted by Crippen LogP contribution is 2.22. The first kappa shape index (κ1) is 14.9. The zero-order chi connectivity index (χ0) is 16.2. The smallest absolute Gasteiger partial charge is 0.195 e. The minimum atomic E-state index is -0.155. The van der Waals surface area contributed by atoms with Crippen molar-refractivity contribution in [3.05, 3.63) is 77.6 Å². The van der Waals surface area contributed by atoms with Gasteiger partial charge in [-0.1, -0.05) is 6.08 Å². The molecule has 2 aromatic carbocycles. The van der Waals surface area contributed by atoms with Gasteiger partial charge < -0.3 is 16.2 Å². The molecule has 0 atom stereocenters. The first-order valence-corrected chi connectivity index (χ1v) is 7.48. The molecule has 0 unspecified atom stereocenters. The fourth-order valence-electron chi connectivity index (χ4n) is 2.40. The summed E-state index contributed by atoms with van der Waals surface area (Å²) in [6, 6.07) is 11.9. The summed E-state index contributed by atoms with van der Waals surface area (Å²) in [4.78, 5) is 12.5. The summed E-state index contributed by atoms with van der Waals surface area (Å²) < 4.78 is 5.76. The molecule has 4 heteroatoms. The zero-order valence-corrected chi connectivity index (χ0v) is 12.7. The van der Waals surface area contributed by atoms with Crippen LogP contribution < -0.4 is 16.2 Å². The summed E-state index contributed by atoms with van der Waals surface area (Å²) >= 11 is 0. The van der Waals surface area contributed by atoms with E-state index in [2.05, 4.69) is 6.08 Å². The van der Waals surface area contributed by atoms with Gasteiger partial charge in [-0.3, -0.25) is 4.79 Å². The van der Waals surface area contributed by atoms with Gasteiger partial charge in [-0.2, -0.15) is 0 Å². The Morgan fingerprint density at radius 1 is 1.00 bits per heavy atom. The Kier molecular flexibility index (Phi) is 4.15. The second-order valence-corrected chi connectivity index (χ2v) is 5.39. The van der Waals surface area contributed by atoms with Crippen LogP contribution in [0.3, 0.4) is 0 Å². The van der Waals surface area contributed by atoms with Gasteiger partial charge >= 0.3 is 0 Å². The number of anilines is 2. The predicted molar refractivity (Wildman–Crippen MR) is 92.2 cm³/mol. The third-order valence-electron chi connectivity index (χ3n) is 3.64. The van der Waals surface area contributed by atoms with Crippen LogP contribution in [0, 0.1) is 0 Å². The van der Waals surface area contributed by atoms with Crippen LogP contribution in [-0.4, -0.2) is 5.78 Å². The van der Waals surface area contributed by atoms with Crippen molar-refractivity contribution in [3.8, 4) is 5.75 Å². The van der Waals surface area contributed by atoms with Crippen LogP contribution in [0.4, 0.5) is 11.4 Å². The van der Waals surface area contributed by atoms with Gasteiger partial charge in [0, 0.05) is 22.5 Å². The van der Waals surface area contributed by atoms with E-state index >= 15 is 0 Å². The molecule has 1 aliphatic rings. The number of hydrogen-bond donors (Lipinski definition) is 2. The molecule has 0 amide bonds. The first-order valence-electron chi connectivity index (χ1n) is 7.48. The second-order valence-electron chi connectivity index (χ2n) is 5.39. The average Bonchev–Trinajstić information content (AvgIpc) is 2.58. The molecule has 0 saturated carbocycles. The molecule has 0 heterocycles. The van der Waals surface area contributed by atoms with Crippen molar-refractivity contribution in [2.45, 2.75) is 12.8 Å². The van der Waals surface area contributed by atoms with Crippen molar-refractivity contribution in [2.75, 3.05) is 11.5 Å². The largest absolute Gasteiger partial charge is 0.458 e. The van der Waals surface area contributed by atoms with E-state index in [0.717, 1.165) is 18.6 Å². The second kappa shape index (κ2) is 6.40. The maximum atomic E-state index is 12.5. The number of rotatable bonds is 4. The van der Waals surface area contributed by atoms with Crippen molar-refractivity contribution >= 4 is 17.2 Å². The molecular weight excluding hydrogens is 288 g/mol. The van der Waals surface area contributed by atoms with E-state index in [1.165, 1.54) is 0 Å². The van der Waals surface area contributed by atoms with Crippen LogP contribution >= 0.6 is 0 Å². The van der Waals surface area contributed by atoms with E-state index in [4.69, 9.17) is 16.2 Å². The maximum absolute atomic E-state index is 12.5. The number of carbonyl (C=O) groups is 1. The number of benzene rings is 2. The van der Waals surface area contributed by atoms with Gasteiger partial charge in [0.1, 0.15) is 11.5 Å². The monoisotopic (exact) mass is 306 g/mol. The highest BCUT2D eigenvalue weighted by molar-refractivity contribution is 6.12. The lowest BCUT2D eigenvalue weighted by atomic mass is 10.0. The van der Waals surface area contributed by atoms with Gasteiger partial charge in [0.2, 0.25) is 0 Å². The maximum Gasteiger partial charge on any atom is 0.195 e. The van der Waals surface area contributed by atoms with E-state index < -0.39 is 0 Å². The number of ether oxygens (including phenoxy) is 1. The van der Waals surface area contributed by atoms with Crippen molar-refractivity contribution in [1.29, 1.82) is 0 Å². The highest BCUT2D eigenvalue weighted by atomic mass is 16.5. The van der Waals surface area contributed by atoms with E-state index in [-0.39, 0.29) is 5.78 Å². The van der Waals surface area contributed by atoms with E-state index in [1.807, 2.05) is 12.2 Å². The number of allylic oxidation sites excluding steroid dienone is 3. The summed E-state index contributed by atoms with van der Waals surface area (Å²) in [5.41, 5.74) is 13.5.